The molecule has 3 rings (SSSR count). The van der Waals surface area contributed by atoms with Gasteiger partial charge in [-0.25, -0.2) is 4.39 Å². The summed E-state index contributed by atoms with van der Waals surface area (Å²) in [6.45, 7) is 3.27. The van der Waals surface area contributed by atoms with Gasteiger partial charge in [-0.1, -0.05) is 41.9 Å². The SMILES string of the molecule is COCC(C)(C)C(=O)N[C@@](Cc1ccccc1)(c1cc(F)cc(OC(F)(F)C(F)F)c1)c1ccc(Cl)cn1. The first-order valence-electron chi connectivity index (χ1n) is 11.4. The molecule has 0 fully saturated rings. The summed E-state index contributed by atoms with van der Waals surface area (Å²) in [6, 6.07) is 14.3. The molecular weight excluding hydrogens is 531 g/mol. The molecule has 1 atom stereocenters. The number of benzene rings is 2. The van der Waals surface area contributed by atoms with E-state index in [0.717, 1.165) is 12.1 Å². The van der Waals surface area contributed by atoms with Crippen LogP contribution in [0.4, 0.5) is 22.0 Å². The van der Waals surface area contributed by atoms with E-state index in [1.165, 1.54) is 25.4 Å². The quantitative estimate of drug-likeness (QED) is 0.278. The van der Waals surface area contributed by atoms with E-state index < -0.39 is 41.0 Å². The van der Waals surface area contributed by atoms with Crippen LogP contribution in [0, 0.1) is 11.2 Å². The van der Waals surface area contributed by atoms with Crippen molar-refractivity contribution >= 4 is 17.5 Å². The number of ether oxygens (including phenoxy) is 2. The molecule has 1 amide bonds. The molecule has 38 heavy (non-hydrogen) atoms. The number of aromatic nitrogens is 1. The standard InChI is InChI=1S/C27H26ClF5N2O3/c1-25(2,16-37-3)24(36)35-26(14-17-7-5-4-6-8-17,22-10-9-19(28)15-34-22)18-11-20(29)13-21(12-18)38-27(32,33)23(30)31/h4-13,15,23H,14,16H2,1-3H3,(H,35,36)/t26-/m0/s1. The Morgan fingerprint density at radius 3 is 2.34 bits per heavy atom. The summed E-state index contributed by atoms with van der Waals surface area (Å²) >= 11 is 6.04. The van der Waals surface area contributed by atoms with E-state index in [2.05, 4.69) is 15.0 Å². The second-order valence-electron chi connectivity index (χ2n) is 9.34. The van der Waals surface area contributed by atoms with Crippen LogP contribution in [0.15, 0.2) is 66.9 Å². The van der Waals surface area contributed by atoms with Crippen molar-refractivity contribution < 1.29 is 36.2 Å². The second kappa shape index (κ2) is 11.7. The lowest BCUT2D eigenvalue weighted by Crippen LogP contribution is -2.54. The third-order valence-electron chi connectivity index (χ3n) is 5.80. The maximum absolute atomic E-state index is 14.9. The minimum Gasteiger partial charge on any atom is -0.428 e. The molecule has 0 radical (unpaired) electrons. The summed E-state index contributed by atoms with van der Waals surface area (Å²) in [4.78, 5) is 17.9. The Morgan fingerprint density at radius 1 is 1.08 bits per heavy atom. The van der Waals surface area contributed by atoms with Crippen LogP contribution in [-0.2, 0) is 21.5 Å². The minimum absolute atomic E-state index is 0.0203. The summed E-state index contributed by atoms with van der Waals surface area (Å²) in [5.74, 6) is -2.45. The van der Waals surface area contributed by atoms with Crippen LogP contribution in [0.5, 0.6) is 5.75 Å². The van der Waals surface area contributed by atoms with E-state index in [4.69, 9.17) is 16.3 Å². The molecule has 5 nitrogen and oxygen atoms in total. The molecule has 1 aromatic heterocycles. The first-order valence-corrected chi connectivity index (χ1v) is 11.8. The molecule has 0 aliphatic heterocycles. The smallest absolute Gasteiger partial charge is 0.428 e. The predicted molar refractivity (Wildman–Crippen MR) is 132 cm³/mol. The molecule has 1 N–H and O–H groups in total. The molecule has 0 aliphatic carbocycles. The van der Waals surface area contributed by atoms with Crippen molar-refractivity contribution in [1.29, 1.82) is 0 Å². The summed E-state index contributed by atoms with van der Waals surface area (Å²) in [5.41, 5.74) is -1.98. The van der Waals surface area contributed by atoms with Gasteiger partial charge in [0.15, 0.2) is 0 Å². The number of hydrogen-bond donors (Lipinski definition) is 1. The number of amides is 1. The zero-order chi connectivity index (χ0) is 28.1. The van der Waals surface area contributed by atoms with Gasteiger partial charge in [0, 0.05) is 25.8 Å². The molecule has 0 saturated carbocycles. The van der Waals surface area contributed by atoms with Gasteiger partial charge in [-0.3, -0.25) is 9.78 Å². The number of rotatable bonds is 11. The average Bonchev–Trinajstić information content (AvgIpc) is 2.84. The lowest BCUT2D eigenvalue weighted by Gasteiger charge is -2.38. The first kappa shape index (κ1) is 29.3. The van der Waals surface area contributed by atoms with E-state index in [0.29, 0.717) is 11.6 Å². The largest absolute Gasteiger partial charge is 0.461 e. The maximum atomic E-state index is 14.9. The van der Waals surface area contributed by atoms with Crippen LogP contribution in [0.25, 0.3) is 0 Å². The molecule has 1 heterocycles. The van der Waals surface area contributed by atoms with Gasteiger partial charge in [0.05, 0.1) is 22.7 Å². The maximum Gasteiger partial charge on any atom is 0.461 e. The minimum atomic E-state index is -4.88. The molecule has 0 saturated heterocycles. The molecule has 0 spiro atoms. The summed E-state index contributed by atoms with van der Waals surface area (Å²) in [6.07, 6.45) is -7.75. The van der Waals surface area contributed by atoms with Gasteiger partial charge in [-0.15, -0.1) is 0 Å². The Labute approximate surface area is 221 Å². The highest BCUT2D eigenvalue weighted by Crippen LogP contribution is 2.38. The summed E-state index contributed by atoms with van der Waals surface area (Å²) in [5, 5.41) is 3.19. The van der Waals surface area contributed by atoms with E-state index in [9.17, 15) is 26.7 Å². The van der Waals surface area contributed by atoms with Crippen LogP contribution in [-0.4, -0.2) is 37.1 Å². The van der Waals surface area contributed by atoms with Crippen molar-refractivity contribution in [2.75, 3.05) is 13.7 Å². The molecule has 204 valence electrons. The average molecular weight is 557 g/mol. The van der Waals surface area contributed by atoms with Gasteiger partial charge in [0.1, 0.15) is 17.1 Å². The fraction of sp³-hybridized carbons (Fsp3) is 0.333. The fourth-order valence-electron chi connectivity index (χ4n) is 3.91. The van der Waals surface area contributed by atoms with Crippen LogP contribution in [0.1, 0.15) is 30.7 Å². The van der Waals surface area contributed by atoms with Crippen molar-refractivity contribution in [3.8, 4) is 5.75 Å². The van der Waals surface area contributed by atoms with Crippen molar-refractivity contribution in [1.82, 2.24) is 10.3 Å². The molecule has 0 unspecified atom stereocenters. The first-order chi connectivity index (χ1) is 17.8. The van der Waals surface area contributed by atoms with Crippen molar-refractivity contribution in [2.45, 2.75) is 38.3 Å². The molecule has 2 aromatic carbocycles. The fourth-order valence-corrected chi connectivity index (χ4v) is 4.02. The molecule has 3 aromatic rings. The lowest BCUT2D eigenvalue weighted by molar-refractivity contribution is -0.253. The number of nitrogens with zero attached hydrogens (tertiary/aromatic N) is 1. The number of hydrogen-bond acceptors (Lipinski definition) is 4. The Balaban J connectivity index is 2.28. The molecular formula is C27H26ClF5N2O3. The topological polar surface area (TPSA) is 60.5 Å². The van der Waals surface area contributed by atoms with Gasteiger partial charge >= 0.3 is 12.5 Å². The molecule has 11 heteroatoms. The van der Waals surface area contributed by atoms with E-state index >= 15 is 0 Å². The Hall–Kier alpha value is -3.24. The Morgan fingerprint density at radius 2 is 1.76 bits per heavy atom. The summed E-state index contributed by atoms with van der Waals surface area (Å²) in [7, 11) is 1.42. The van der Waals surface area contributed by atoms with Crippen molar-refractivity contribution in [2.24, 2.45) is 5.41 Å². The number of alkyl halides is 4. The third kappa shape index (κ3) is 6.79. The number of pyridine rings is 1. The van der Waals surface area contributed by atoms with Crippen LogP contribution < -0.4 is 10.1 Å². The normalized spacial score (nSPS) is 13.7. The highest BCUT2D eigenvalue weighted by Gasteiger charge is 2.45. The van der Waals surface area contributed by atoms with Crippen LogP contribution in [0.2, 0.25) is 5.02 Å². The number of nitrogens with one attached hydrogen (secondary N) is 1. The number of carbonyl (C=O) groups excluding carboxylic acids is 1. The van der Waals surface area contributed by atoms with Gasteiger partial charge in [0.25, 0.3) is 0 Å². The van der Waals surface area contributed by atoms with E-state index in [-0.39, 0.29) is 29.3 Å². The Bertz CT molecular complexity index is 1240. The highest BCUT2D eigenvalue weighted by atomic mass is 35.5. The lowest BCUT2D eigenvalue weighted by atomic mass is 9.79. The second-order valence-corrected chi connectivity index (χ2v) is 9.78. The number of carbonyl (C=O) groups is 1. The Kier molecular flexibility index (Phi) is 8.99. The number of methoxy groups -OCH3 is 1. The van der Waals surface area contributed by atoms with Gasteiger partial charge < -0.3 is 14.8 Å². The van der Waals surface area contributed by atoms with E-state index in [1.807, 2.05) is 0 Å². The summed E-state index contributed by atoms with van der Waals surface area (Å²) < 4.78 is 77.4. The van der Waals surface area contributed by atoms with E-state index in [1.54, 1.807) is 44.2 Å². The zero-order valence-electron chi connectivity index (χ0n) is 20.8. The van der Waals surface area contributed by atoms with Crippen LogP contribution >= 0.6 is 11.6 Å². The molecule has 0 bridgehead atoms. The highest BCUT2D eigenvalue weighted by molar-refractivity contribution is 6.30. The zero-order valence-corrected chi connectivity index (χ0v) is 21.5. The van der Waals surface area contributed by atoms with Gasteiger partial charge in [-0.05, 0) is 49.2 Å². The third-order valence-corrected chi connectivity index (χ3v) is 6.02. The number of halogens is 6. The predicted octanol–water partition coefficient (Wildman–Crippen LogP) is 6.39. The van der Waals surface area contributed by atoms with Crippen LogP contribution in [0.3, 0.4) is 0 Å². The monoisotopic (exact) mass is 556 g/mol. The van der Waals surface area contributed by atoms with Gasteiger partial charge in [0.2, 0.25) is 5.91 Å². The van der Waals surface area contributed by atoms with Gasteiger partial charge in [-0.2, -0.15) is 17.6 Å². The molecule has 0 aliphatic rings. The van der Waals surface area contributed by atoms with Crippen molar-refractivity contribution in [3.63, 3.8) is 0 Å². The van der Waals surface area contributed by atoms with Crippen molar-refractivity contribution in [3.05, 3.63) is 94.5 Å².